The molecule has 1 aliphatic carbocycles. The van der Waals surface area contributed by atoms with Gasteiger partial charge in [0, 0.05) is 12.6 Å². The molecule has 122 valence electrons. The Morgan fingerprint density at radius 1 is 1.36 bits per heavy atom. The predicted octanol–water partition coefficient (Wildman–Crippen LogP) is 1.93. The fraction of sp³-hybridized carbons (Fsp3) is 0.533. The van der Waals surface area contributed by atoms with Crippen molar-refractivity contribution in [2.75, 3.05) is 19.8 Å². The van der Waals surface area contributed by atoms with Crippen LogP contribution in [0.1, 0.15) is 18.4 Å². The summed E-state index contributed by atoms with van der Waals surface area (Å²) in [5.74, 6) is 1.67. The third-order valence-electron chi connectivity index (χ3n) is 3.81. The minimum absolute atomic E-state index is 0. The molecule has 1 aromatic rings. The highest BCUT2D eigenvalue weighted by molar-refractivity contribution is 6.32. The first kappa shape index (κ1) is 17.2. The van der Waals surface area contributed by atoms with Crippen molar-refractivity contribution >= 4 is 29.9 Å². The van der Waals surface area contributed by atoms with Crippen LogP contribution in [0, 0.1) is 5.92 Å². The lowest BCUT2D eigenvalue weighted by Gasteiger charge is -2.20. The second kappa shape index (κ2) is 7.40. The van der Waals surface area contributed by atoms with Crippen molar-refractivity contribution in [2.24, 2.45) is 11.7 Å². The first-order valence-electron chi connectivity index (χ1n) is 7.25. The van der Waals surface area contributed by atoms with Crippen molar-refractivity contribution in [1.82, 2.24) is 5.32 Å². The fourth-order valence-corrected chi connectivity index (χ4v) is 2.87. The number of ether oxygens (including phenoxy) is 2. The first-order chi connectivity index (χ1) is 10.2. The van der Waals surface area contributed by atoms with Crippen molar-refractivity contribution < 1.29 is 14.3 Å². The van der Waals surface area contributed by atoms with Crippen LogP contribution in [0.2, 0.25) is 5.02 Å². The SMILES string of the molecule is Cl.NCC(NC(=O)Cc1cc(Cl)c2c(c1)OCCO2)C1CC1. The van der Waals surface area contributed by atoms with Gasteiger partial charge in [0.15, 0.2) is 11.5 Å². The lowest BCUT2D eigenvalue weighted by atomic mass is 10.1. The summed E-state index contributed by atoms with van der Waals surface area (Å²) in [6.07, 6.45) is 2.57. The number of amides is 1. The van der Waals surface area contributed by atoms with Crippen LogP contribution in [-0.4, -0.2) is 31.7 Å². The quantitative estimate of drug-likeness (QED) is 0.854. The van der Waals surface area contributed by atoms with Crippen molar-refractivity contribution in [1.29, 1.82) is 0 Å². The largest absolute Gasteiger partial charge is 0.486 e. The molecule has 0 radical (unpaired) electrons. The molecule has 7 heteroatoms. The van der Waals surface area contributed by atoms with E-state index in [2.05, 4.69) is 5.32 Å². The van der Waals surface area contributed by atoms with Crippen LogP contribution in [0.4, 0.5) is 0 Å². The summed E-state index contributed by atoms with van der Waals surface area (Å²) in [6, 6.07) is 3.66. The van der Waals surface area contributed by atoms with Crippen LogP contribution < -0.4 is 20.5 Å². The Balaban J connectivity index is 0.00000176. The number of hydrogen-bond donors (Lipinski definition) is 2. The standard InChI is InChI=1S/C15H19ClN2O3.ClH/c16-11-5-9(6-13-15(11)21-4-3-20-13)7-14(19)18-12(8-17)10-1-2-10;/h5-6,10,12H,1-4,7-8,17H2,(H,18,19);1H. The van der Waals surface area contributed by atoms with Crippen LogP contribution in [-0.2, 0) is 11.2 Å². The maximum absolute atomic E-state index is 12.1. The van der Waals surface area contributed by atoms with Gasteiger partial charge in [-0.05, 0) is 36.5 Å². The highest BCUT2D eigenvalue weighted by atomic mass is 35.5. The molecule has 1 atom stereocenters. The molecular formula is C15H20Cl2N2O3. The van der Waals surface area contributed by atoms with Gasteiger partial charge >= 0.3 is 0 Å². The Morgan fingerprint density at radius 3 is 2.77 bits per heavy atom. The molecule has 1 saturated carbocycles. The third-order valence-corrected chi connectivity index (χ3v) is 4.09. The second-order valence-corrected chi connectivity index (χ2v) is 5.93. The zero-order valence-electron chi connectivity index (χ0n) is 12.1. The minimum atomic E-state index is -0.0369. The summed E-state index contributed by atoms with van der Waals surface area (Å²) < 4.78 is 11.0. The third kappa shape index (κ3) is 3.97. The molecule has 1 unspecified atom stereocenters. The molecule has 3 rings (SSSR count). The molecule has 1 aromatic carbocycles. The summed E-state index contributed by atoms with van der Waals surface area (Å²) in [5.41, 5.74) is 6.51. The van der Waals surface area contributed by atoms with Crippen LogP contribution in [0.15, 0.2) is 12.1 Å². The number of benzene rings is 1. The molecule has 0 bridgehead atoms. The van der Waals surface area contributed by atoms with Crippen molar-refractivity contribution in [3.05, 3.63) is 22.7 Å². The highest BCUT2D eigenvalue weighted by Crippen LogP contribution is 2.38. The Hall–Kier alpha value is -1.17. The number of hydrogen-bond acceptors (Lipinski definition) is 4. The van der Waals surface area contributed by atoms with Gasteiger partial charge in [0.2, 0.25) is 5.91 Å². The zero-order chi connectivity index (χ0) is 14.8. The van der Waals surface area contributed by atoms with Crippen LogP contribution in [0.5, 0.6) is 11.5 Å². The van der Waals surface area contributed by atoms with E-state index >= 15 is 0 Å². The lowest BCUT2D eigenvalue weighted by Crippen LogP contribution is -2.42. The smallest absolute Gasteiger partial charge is 0.224 e. The molecule has 22 heavy (non-hydrogen) atoms. The monoisotopic (exact) mass is 346 g/mol. The molecule has 5 nitrogen and oxygen atoms in total. The van der Waals surface area contributed by atoms with Gasteiger partial charge in [0.25, 0.3) is 0 Å². The predicted molar refractivity (Wildman–Crippen MR) is 87.1 cm³/mol. The number of halogens is 2. The molecule has 0 spiro atoms. The lowest BCUT2D eigenvalue weighted by molar-refractivity contribution is -0.121. The maximum Gasteiger partial charge on any atom is 0.224 e. The zero-order valence-corrected chi connectivity index (χ0v) is 13.7. The van der Waals surface area contributed by atoms with Crippen LogP contribution >= 0.6 is 24.0 Å². The molecule has 1 amide bonds. The Bertz CT molecular complexity index is 550. The number of nitrogens with one attached hydrogen (secondary N) is 1. The number of carbonyl (C=O) groups excluding carboxylic acids is 1. The van der Waals surface area contributed by atoms with E-state index in [1.807, 2.05) is 6.07 Å². The number of rotatable bonds is 5. The minimum Gasteiger partial charge on any atom is -0.486 e. The first-order valence-corrected chi connectivity index (χ1v) is 7.62. The molecular weight excluding hydrogens is 327 g/mol. The van der Waals surface area contributed by atoms with E-state index in [0.717, 1.165) is 18.4 Å². The van der Waals surface area contributed by atoms with Gasteiger partial charge in [0.05, 0.1) is 11.4 Å². The van der Waals surface area contributed by atoms with E-state index in [1.165, 1.54) is 0 Å². The fourth-order valence-electron chi connectivity index (χ4n) is 2.58. The Labute approximate surface area is 140 Å². The van der Waals surface area contributed by atoms with Gasteiger partial charge in [-0.25, -0.2) is 0 Å². The molecule has 3 N–H and O–H groups in total. The van der Waals surface area contributed by atoms with E-state index in [-0.39, 0.29) is 30.8 Å². The summed E-state index contributed by atoms with van der Waals surface area (Å²) >= 11 is 6.17. The van der Waals surface area contributed by atoms with E-state index < -0.39 is 0 Å². The van der Waals surface area contributed by atoms with E-state index in [1.54, 1.807) is 6.07 Å². The molecule has 1 fully saturated rings. The van der Waals surface area contributed by atoms with Gasteiger partial charge in [-0.3, -0.25) is 4.79 Å². The summed E-state index contributed by atoms with van der Waals surface area (Å²) in [5, 5.41) is 3.48. The second-order valence-electron chi connectivity index (χ2n) is 5.53. The number of nitrogens with two attached hydrogens (primary N) is 1. The van der Waals surface area contributed by atoms with Gasteiger partial charge < -0.3 is 20.5 Å². The maximum atomic E-state index is 12.1. The van der Waals surface area contributed by atoms with E-state index in [9.17, 15) is 4.79 Å². The number of carbonyl (C=O) groups is 1. The van der Waals surface area contributed by atoms with Gasteiger partial charge in [-0.1, -0.05) is 11.6 Å². The molecule has 0 aromatic heterocycles. The molecule has 2 aliphatic rings. The van der Waals surface area contributed by atoms with Crippen molar-refractivity contribution in [2.45, 2.75) is 25.3 Å². The molecule has 0 saturated heterocycles. The van der Waals surface area contributed by atoms with E-state index in [4.69, 9.17) is 26.8 Å². The summed E-state index contributed by atoms with van der Waals surface area (Å²) in [4.78, 5) is 12.1. The van der Waals surface area contributed by atoms with Crippen molar-refractivity contribution in [3.63, 3.8) is 0 Å². The van der Waals surface area contributed by atoms with Crippen LogP contribution in [0.3, 0.4) is 0 Å². The number of fused-ring (bicyclic) bond motifs is 1. The summed E-state index contributed by atoms with van der Waals surface area (Å²) in [6.45, 7) is 1.47. The van der Waals surface area contributed by atoms with Gasteiger partial charge in [0.1, 0.15) is 13.2 Å². The van der Waals surface area contributed by atoms with Gasteiger partial charge in [-0.2, -0.15) is 0 Å². The topological polar surface area (TPSA) is 73.6 Å². The highest BCUT2D eigenvalue weighted by Gasteiger charge is 2.31. The van der Waals surface area contributed by atoms with E-state index in [0.29, 0.717) is 42.2 Å². The summed E-state index contributed by atoms with van der Waals surface area (Å²) in [7, 11) is 0. The Kier molecular flexibility index (Phi) is 5.78. The van der Waals surface area contributed by atoms with Gasteiger partial charge in [-0.15, -0.1) is 12.4 Å². The average Bonchev–Trinajstić information content (AvgIpc) is 3.29. The average molecular weight is 347 g/mol. The van der Waals surface area contributed by atoms with Crippen LogP contribution in [0.25, 0.3) is 0 Å². The molecule has 1 aliphatic heterocycles. The Morgan fingerprint density at radius 2 is 2.09 bits per heavy atom. The normalized spacial score (nSPS) is 17.4. The molecule has 1 heterocycles. The van der Waals surface area contributed by atoms with Crippen molar-refractivity contribution in [3.8, 4) is 11.5 Å².